The highest BCUT2D eigenvalue weighted by Crippen LogP contribution is 2.36. The predicted molar refractivity (Wildman–Crippen MR) is 45.5 cm³/mol. The van der Waals surface area contributed by atoms with Crippen molar-refractivity contribution >= 4 is 0 Å². The van der Waals surface area contributed by atoms with E-state index in [0.717, 1.165) is 24.1 Å². The summed E-state index contributed by atoms with van der Waals surface area (Å²) in [7, 11) is 0. The summed E-state index contributed by atoms with van der Waals surface area (Å²) in [6.07, 6.45) is 3.49. The SMILES string of the molecule is Cc1ccc(C2CCC2)c(F)n1. The van der Waals surface area contributed by atoms with Gasteiger partial charge in [-0.3, -0.25) is 0 Å². The number of hydrogen-bond acceptors (Lipinski definition) is 1. The molecule has 0 unspecified atom stereocenters. The van der Waals surface area contributed by atoms with Gasteiger partial charge in [0.1, 0.15) is 0 Å². The summed E-state index contributed by atoms with van der Waals surface area (Å²) >= 11 is 0. The number of rotatable bonds is 1. The molecule has 1 aromatic rings. The van der Waals surface area contributed by atoms with Crippen molar-refractivity contribution in [2.24, 2.45) is 0 Å². The van der Waals surface area contributed by atoms with Crippen LogP contribution in [0.1, 0.15) is 36.4 Å². The van der Waals surface area contributed by atoms with Crippen molar-refractivity contribution in [3.63, 3.8) is 0 Å². The topological polar surface area (TPSA) is 12.9 Å². The fourth-order valence-electron chi connectivity index (χ4n) is 1.56. The van der Waals surface area contributed by atoms with Crippen molar-refractivity contribution in [2.75, 3.05) is 0 Å². The normalized spacial score (nSPS) is 17.5. The van der Waals surface area contributed by atoms with E-state index in [0.29, 0.717) is 5.92 Å². The summed E-state index contributed by atoms with van der Waals surface area (Å²) in [5.74, 6) is 0.179. The van der Waals surface area contributed by atoms with Gasteiger partial charge in [-0.1, -0.05) is 12.5 Å². The first-order valence-electron chi connectivity index (χ1n) is 4.40. The average molecular weight is 165 g/mol. The first-order chi connectivity index (χ1) is 5.77. The number of aromatic nitrogens is 1. The van der Waals surface area contributed by atoms with Crippen LogP contribution >= 0.6 is 0 Å². The maximum absolute atomic E-state index is 13.2. The zero-order chi connectivity index (χ0) is 8.55. The first kappa shape index (κ1) is 7.71. The Hall–Kier alpha value is -0.920. The molecule has 0 spiro atoms. The zero-order valence-electron chi connectivity index (χ0n) is 7.18. The molecule has 1 heterocycles. The molecule has 2 heteroatoms. The van der Waals surface area contributed by atoms with Gasteiger partial charge < -0.3 is 0 Å². The molecule has 1 aliphatic rings. The lowest BCUT2D eigenvalue weighted by Gasteiger charge is -2.25. The minimum atomic E-state index is -0.264. The number of halogens is 1. The highest BCUT2D eigenvalue weighted by atomic mass is 19.1. The maximum atomic E-state index is 13.2. The fourth-order valence-corrected chi connectivity index (χ4v) is 1.56. The number of pyridine rings is 1. The lowest BCUT2D eigenvalue weighted by atomic mass is 9.80. The molecular weight excluding hydrogens is 153 g/mol. The van der Waals surface area contributed by atoms with Crippen LogP contribution in [0.5, 0.6) is 0 Å². The van der Waals surface area contributed by atoms with Gasteiger partial charge in [-0.05, 0) is 31.7 Å². The molecule has 1 nitrogen and oxygen atoms in total. The van der Waals surface area contributed by atoms with Crippen LogP contribution in [-0.4, -0.2) is 4.98 Å². The number of aryl methyl sites for hydroxylation is 1. The average Bonchev–Trinajstić information content (AvgIpc) is 1.91. The Balaban J connectivity index is 2.31. The summed E-state index contributed by atoms with van der Waals surface area (Å²) < 4.78 is 13.2. The molecule has 2 rings (SSSR count). The Morgan fingerprint density at radius 2 is 2.17 bits per heavy atom. The van der Waals surface area contributed by atoms with E-state index in [-0.39, 0.29) is 5.95 Å². The maximum Gasteiger partial charge on any atom is 0.216 e. The van der Waals surface area contributed by atoms with Crippen molar-refractivity contribution in [1.29, 1.82) is 0 Å². The quantitative estimate of drug-likeness (QED) is 0.583. The van der Waals surface area contributed by atoms with Crippen molar-refractivity contribution in [3.05, 3.63) is 29.3 Å². The van der Waals surface area contributed by atoms with E-state index in [1.54, 1.807) is 0 Å². The second-order valence-corrected chi connectivity index (χ2v) is 3.46. The van der Waals surface area contributed by atoms with E-state index in [1.165, 1.54) is 6.42 Å². The minimum absolute atomic E-state index is 0.264. The van der Waals surface area contributed by atoms with Gasteiger partial charge in [-0.25, -0.2) is 4.98 Å². The largest absolute Gasteiger partial charge is 0.225 e. The van der Waals surface area contributed by atoms with Gasteiger partial charge in [0.05, 0.1) is 0 Å². The molecular formula is C10H12FN. The third kappa shape index (κ3) is 1.22. The van der Waals surface area contributed by atoms with E-state index >= 15 is 0 Å². The minimum Gasteiger partial charge on any atom is -0.225 e. The molecule has 1 aliphatic carbocycles. The van der Waals surface area contributed by atoms with Gasteiger partial charge >= 0.3 is 0 Å². The van der Waals surface area contributed by atoms with Crippen LogP contribution in [0.2, 0.25) is 0 Å². The van der Waals surface area contributed by atoms with Crippen molar-refractivity contribution < 1.29 is 4.39 Å². The molecule has 0 saturated heterocycles. The van der Waals surface area contributed by atoms with Crippen LogP contribution in [0.15, 0.2) is 12.1 Å². The van der Waals surface area contributed by atoms with E-state index in [1.807, 2.05) is 19.1 Å². The third-order valence-corrected chi connectivity index (χ3v) is 2.56. The van der Waals surface area contributed by atoms with Gasteiger partial charge in [0.15, 0.2) is 0 Å². The summed E-state index contributed by atoms with van der Waals surface area (Å²) in [5, 5.41) is 0. The van der Waals surface area contributed by atoms with Crippen LogP contribution in [0.25, 0.3) is 0 Å². The molecule has 0 radical (unpaired) electrons. The van der Waals surface area contributed by atoms with E-state index < -0.39 is 0 Å². The van der Waals surface area contributed by atoms with Crippen molar-refractivity contribution in [3.8, 4) is 0 Å². The molecule has 64 valence electrons. The third-order valence-electron chi connectivity index (χ3n) is 2.56. The molecule has 0 aromatic carbocycles. The molecule has 1 aromatic heterocycles. The first-order valence-corrected chi connectivity index (χ1v) is 4.40. The molecule has 1 fully saturated rings. The van der Waals surface area contributed by atoms with Gasteiger partial charge in [0.25, 0.3) is 0 Å². The fraction of sp³-hybridized carbons (Fsp3) is 0.500. The van der Waals surface area contributed by atoms with Crippen molar-refractivity contribution in [2.45, 2.75) is 32.1 Å². The van der Waals surface area contributed by atoms with Crippen molar-refractivity contribution in [1.82, 2.24) is 4.98 Å². The molecule has 1 saturated carbocycles. The summed E-state index contributed by atoms with van der Waals surface area (Å²) in [5.41, 5.74) is 1.57. The second kappa shape index (κ2) is 2.85. The Morgan fingerprint density at radius 3 is 2.67 bits per heavy atom. The zero-order valence-corrected chi connectivity index (χ0v) is 7.18. The Labute approximate surface area is 71.6 Å². The summed E-state index contributed by atoms with van der Waals surface area (Å²) in [4.78, 5) is 3.81. The lowest BCUT2D eigenvalue weighted by molar-refractivity contribution is 0.398. The van der Waals surface area contributed by atoms with Crippen LogP contribution in [0.3, 0.4) is 0 Å². The monoisotopic (exact) mass is 165 g/mol. The smallest absolute Gasteiger partial charge is 0.216 e. The summed E-state index contributed by atoms with van der Waals surface area (Å²) in [6.45, 7) is 1.81. The van der Waals surface area contributed by atoms with Gasteiger partial charge in [-0.2, -0.15) is 4.39 Å². The highest BCUT2D eigenvalue weighted by molar-refractivity contribution is 5.21. The Bertz CT molecular complexity index is 292. The highest BCUT2D eigenvalue weighted by Gasteiger charge is 2.22. The number of nitrogens with zero attached hydrogens (tertiary/aromatic N) is 1. The van der Waals surface area contributed by atoms with E-state index in [2.05, 4.69) is 4.98 Å². The van der Waals surface area contributed by atoms with E-state index in [4.69, 9.17) is 0 Å². The number of hydrogen-bond donors (Lipinski definition) is 0. The Morgan fingerprint density at radius 1 is 1.42 bits per heavy atom. The second-order valence-electron chi connectivity index (χ2n) is 3.46. The van der Waals surface area contributed by atoms with Gasteiger partial charge in [-0.15, -0.1) is 0 Å². The molecule has 0 aliphatic heterocycles. The van der Waals surface area contributed by atoms with E-state index in [9.17, 15) is 4.39 Å². The standard InChI is InChI=1S/C10H12FN/c1-7-5-6-9(10(11)12-7)8-3-2-4-8/h5-6,8H,2-4H2,1H3. The summed E-state index contributed by atoms with van der Waals surface area (Å²) in [6, 6.07) is 3.76. The predicted octanol–water partition coefficient (Wildman–Crippen LogP) is 2.80. The molecule has 0 bridgehead atoms. The van der Waals surface area contributed by atoms with Gasteiger partial charge in [0, 0.05) is 11.3 Å². The Kier molecular flexibility index (Phi) is 1.83. The molecule has 0 N–H and O–H groups in total. The van der Waals surface area contributed by atoms with Crippen LogP contribution in [0.4, 0.5) is 4.39 Å². The van der Waals surface area contributed by atoms with Crippen LogP contribution < -0.4 is 0 Å². The lowest BCUT2D eigenvalue weighted by Crippen LogP contribution is -2.11. The molecule has 12 heavy (non-hydrogen) atoms. The molecule has 0 atom stereocenters. The van der Waals surface area contributed by atoms with Gasteiger partial charge in [0.2, 0.25) is 5.95 Å². The van der Waals surface area contributed by atoms with Crippen LogP contribution in [0, 0.1) is 12.9 Å². The molecule has 0 amide bonds. The van der Waals surface area contributed by atoms with Crippen LogP contribution in [-0.2, 0) is 0 Å².